The van der Waals surface area contributed by atoms with Crippen molar-refractivity contribution in [3.8, 4) is 0 Å². The predicted molar refractivity (Wildman–Crippen MR) is 115 cm³/mol. The zero-order valence-electron chi connectivity index (χ0n) is 16.1. The maximum absolute atomic E-state index is 12.2. The molecule has 0 spiro atoms. The van der Waals surface area contributed by atoms with Crippen LogP contribution in [0.15, 0.2) is 54.6 Å². The van der Waals surface area contributed by atoms with Gasteiger partial charge in [0.05, 0.1) is 21.8 Å². The molecule has 1 aromatic heterocycles. The number of aromatic nitrogens is 1. The number of thiazole rings is 1. The second-order valence-electron chi connectivity index (χ2n) is 7.29. The van der Waals surface area contributed by atoms with Crippen LogP contribution in [-0.4, -0.2) is 41.5 Å². The Morgan fingerprint density at radius 3 is 2.52 bits per heavy atom. The lowest BCUT2D eigenvalue weighted by atomic mass is 9.97. The summed E-state index contributed by atoms with van der Waals surface area (Å²) < 4.78 is 1.23. The van der Waals surface area contributed by atoms with E-state index in [2.05, 4.69) is 27.7 Å². The van der Waals surface area contributed by atoms with Gasteiger partial charge in [0.15, 0.2) is 0 Å². The highest BCUT2D eigenvalue weighted by molar-refractivity contribution is 7.18. The fraction of sp³-hybridized carbons (Fsp3) is 0.318. The fourth-order valence-corrected chi connectivity index (χ4v) is 4.73. The van der Waals surface area contributed by atoms with Crippen molar-refractivity contribution in [2.75, 3.05) is 19.6 Å². The first-order valence-electron chi connectivity index (χ1n) is 9.87. The number of nitrogens with one attached hydrogen (secondary N) is 2. The summed E-state index contributed by atoms with van der Waals surface area (Å²) in [5, 5.41) is 6.32. The molecule has 7 heteroatoms. The number of likely N-dealkylation sites (tertiary alicyclic amines) is 1. The Hall–Kier alpha value is -2.77. The van der Waals surface area contributed by atoms with Crippen LogP contribution in [0.2, 0.25) is 0 Å². The largest absolute Gasteiger partial charge is 0.334 e. The lowest BCUT2D eigenvalue weighted by Crippen LogP contribution is -2.46. The highest BCUT2D eigenvalue weighted by Crippen LogP contribution is 2.33. The monoisotopic (exact) mass is 408 g/mol. The minimum atomic E-state index is -0.455. The number of hydrogen-bond acceptors (Lipinski definition) is 5. The van der Waals surface area contributed by atoms with Crippen molar-refractivity contribution in [1.82, 2.24) is 20.5 Å². The van der Waals surface area contributed by atoms with Gasteiger partial charge < -0.3 is 5.32 Å². The van der Waals surface area contributed by atoms with Gasteiger partial charge in [0.2, 0.25) is 5.91 Å². The van der Waals surface area contributed by atoms with Crippen molar-refractivity contribution < 1.29 is 9.59 Å². The number of imide groups is 1. The molecule has 0 unspecified atom stereocenters. The van der Waals surface area contributed by atoms with E-state index < -0.39 is 6.03 Å². The number of rotatable bonds is 5. The summed E-state index contributed by atoms with van der Waals surface area (Å²) in [7, 11) is 0. The average molecular weight is 409 g/mol. The van der Waals surface area contributed by atoms with Crippen LogP contribution in [0.1, 0.15) is 29.3 Å². The summed E-state index contributed by atoms with van der Waals surface area (Å²) >= 11 is 1.77. The van der Waals surface area contributed by atoms with Crippen LogP contribution in [-0.2, 0) is 11.3 Å². The van der Waals surface area contributed by atoms with Gasteiger partial charge in [-0.1, -0.05) is 42.5 Å². The molecule has 3 amide bonds. The van der Waals surface area contributed by atoms with Crippen LogP contribution >= 0.6 is 11.3 Å². The molecule has 2 heterocycles. The molecule has 6 nitrogen and oxygen atoms in total. The van der Waals surface area contributed by atoms with Gasteiger partial charge in [0.25, 0.3) is 0 Å². The second kappa shape index (κ2) is 9.15. The minimum absolute atomic E-state index is 0.241. The number of urea groups is 1. The van der Waals surface area contributed by atoms with Crippen molar-refractivity contribution in [2.45, 2.75) is 25.3 Å². The van der Waals surface area contributed by atoms with Crippen molar-refractivity contribution in [1.29, 1.82) is 0 Å². The van der Waals surface area contributed by atoms with E-state index >= 15 is 0 Å². The van der Waals surface area contributed by atoms with Crippen molar-refractivity contribution >= 4 is 33.5 Å². The van der Waals surface area contributed by atoms with Gasteiger partial charge in [-0.05, 0) is 43.6 Å². The van der Waals surface area contributed by atoms with E-state index in [0.29, 0.717) is 12.5 Å². The molecule has 0 bridgehead atoms. The Morgan fingerprint density at radius 1 is 1.03 bits per heavy atom. The third-order valence-electron chi connectivity index (χ3n) is 5.16. The van der Waals surface area contributed by atoms with Gasteiger partial charge in [0.1, 0.15) is 0 Å². The Bertz CT molecular complexity index is 948. The molecule has 1 saturated heterocycles. The SMILES string of the molecule is O=C(CN1CCC(c2nc3ccccc3s2)CC1)NC(=O)NCc1ccccc1. The molecule has 1 aliphatic rings. The molecular formula is C22H24N4O2S. The molecule has 3 aromatic rings. The average Bonchev–Trinajstić information content (AvgIpc) is 3.18. The first-order chi connectivity index (χ1) is 14.2. The van der Waals surface area contributed by atoms with E-state index in [9.17, 15) is 9.59 Å². The number of nitrogens with zero attached hydrogens (tertiary/aromatic N) is 2. The van der Waals surface area contributed by atoms with Gasteiger partial charge in [-0.3, -0.25) is 15.0 Å². The Balaban J connectivity index is 1.21. The molecule has 0 aliphatic carbocycles. The summed E-state index contributed by atoms with van der Waals surface area (Å²) in [6.45, 7) is 2.30. The van der Waals surface area contributed by atoms with E-state index in [4.69, 9.17) is 4.98 Å². The molecule has 1 fully saturated rings. The van der Waals surface area contributed by atoms with Crippen LogP contribution in [0.5, 0.6) is 0 Å². The molecule has 29 heavy (non-hydrogen) atoms. The topological polar surface area (TPSA) is 74.3 Å². The van der Waals surface area contributed by atoms with Crippen molar-refractivity contribution in [3.05, 3.63) is 65.2 Å². The molecule has 2 N–H and O–H groups in total. The standard InChI is InChI=1S/C22H24N4O2S/c27-20(25-22(28)23-14-16-6-2-1-3-7-16)15-26-12-10-17(11-13-26)21-24-18-8-4-5-9-19(18)29-21/h1-9,17H,10-15H2,(H2,23,25,27,28). The van der Waals surface area contributed by atoms with Crippen LogP contribution in [0.3, 0.4) is 0 Å². The minimum Gasteiger partial charge on any atom is -0.334 e. The van der Waals surface area contributed by atoms with Gasteiger partial charge >= 0.3 is 6.03 Å². The molecule has 0 atom stereocenters. The molecule has 0 radical (unpaired) electrons. The smallest absolute Gasteiger partial charge is 0.321 e. The third-order valence-corrected chi connectivity index (χ3v) is 6.36. The predicted octanol–water partition coefficient (Wildman–Crippen LogP) is 3.50. The van der Waals surface area contributed by atoms with E-state index in [1.165, 1.54) is 9.71 Å². The second-order valence-corrected chi connectivity index (χ2v) is 8.35. The molecule has 0 saturated carbocycles. The van der Waals surface area contributed by atoms with Crippen LogP contribution < -0.4 is 10.6 Å². The fourth-order valence-electron chi connectivity index (χ4n) is 3.59. The maximum Gasteiger partial charge on any atom is 0.321 e. The Morgan fingerprint density at radius 2 is 1.76 bits per heavy atom. The van der Waals surface area contributed by atoms with Crippen LogP contribution in [0.25, 0.3) is 10.2 Å². The number of fused-ring (bicyclic) bond motifs is 1. The molecule has 2 aromatic carbocycles. The molecule has 150 valence electrons. The number of hydrogen-bond donors (Lipinski definition) is 2. The zero-order chi connectivity index (χ0) is 20.1. The number of amides is 3. The van der Waals surface area contributed by atoms with Gasteiger partial charge in [-0.2, -0.15) is 0 Å². The summed E-state index contributed by atoms with van der Waals surface area (Å²) in [6, 6.07) is 17.4. The van der Waals surface area contributed by atoms with Gasteiger partial charge in [-0.15, -0.1) is 11.3 Å². The number of carbonyl (C=O) groups is 2. The zero-order valence-corrected chi connectivity index (χ0v) is 17.0. The normalized spacial score (nSPS) is 15.3. The van der Waals surface area contributed by atoms with Crippen LogP contribution in [0.4, 0.5) is 4.79 Å². The number of carbonyl (C=O) groups excluding carboxylic acids is 2. The Labute approximate surface area is 173 Å². The first kappa shape index (κ1) is 19.5. The lowest BCUT2D eigenvalue weighted by Gasteiger charge is -2.30. The summed E-state index contributed by atoms with van der Waals surface area (Å²) in [6.07, 6.45) is 1.96. The van der Waals surface area contributed by atoms with E-state index in [1.54, 1.807) is 11.3 Å². The quantitative estimate of drug-likeness (QED) is 0.678. The number of benzene rings is 2. The van der Waals surface area contributed by atoms with E-state index in [-0.39, 0.29) is 12.5 Å². The summed E-state index contributed by atoms with van der Waals surface area (Å²) in [5.41, 5.74) is 2.06. The molecule has 1 aliphatic heterocycles. The van der Waals surface area contributed by atoms with Crippen molar-refractivity contribution in [2.24, 2.45) is 0 Å². The highest BCUT2D eigenvalue weighted by atomic mass is 32.1. The molecular weight excluding hydrogens is 384 g/mol. The maximum atomic E-state index is 12.2. The van der Waals surface area contributed by atoms with Crippen LogP contribution in [0, 0.1) is 0 Å². The van der Waals surface area contributed by atoms with E-state index in [1.807, 2.05) is 42.5 Å². The lowest BCUT2D eigenvalue weighted by molar-refractivity contribution is -0.121. The highest BCUT2D eigenvalue weighted by Gasteiger charge is 2.24. The summed E-state index contributed by atoms with van der Waals surface area (Å²) in [5.74, 6) is 0.176. The van der Waals surface area contributed by atoms with E-state index in [0.717, 1.165) is 37.0 Å². The van der Waals surface area contributed by atoms with Gasteiger partial charge in [-0.25, -0.2) is 9.78 Å². The number of para-hydroxylation sites is 1. The van der Waals surface area contributed by atoms with Gasteiger partial charge in [0, 0.05) is 12.5 Å². The molecule has 4 rings (SSSR count). The third kappa shape index (κ3) is 5.19. The summed E-state index contributed by atoms with van der Waals surface area (Å²) in [4.78, 5) is 31.0. The van der Waals surface area contributed by atoms with Crippen molar-refractivity contribution in [3.63, 3.8) is 0 Å². The first-order valence-corrected chi connectivity index (χ1v) is 10.7. The Kier molecular flexibility index (Phi) is 6.17. The number of piperidine rings is 1.